The van der Waals surface area contributed by atoms with Crippen LogP contribution in [0, 0.1) is 10.1 Å². The Morgan fingerprint density at radius 2 is 1.86 bits per heavy atom. The van der Waals surface area contributed by atoms with Crippen molar-refractivity contribution in [1.29, 1.82) is 0 Å². The van der Waals surface area contributed by atoms with E-state index in [9.17, 15) is 20.0 Å². The Kier molecular flexibility index (Phi) is 5.08. The van der Waals surface area contributed by atoms with Crippen LogP contribution >= 0.6 is 0 Å². The number of nitrogens with zero attached hydrogens (tertiary/aromatic N) is 1. The molecule has 2 aromatic carbocycles. The molecule has 1 N–H and O–H groups in total. The second kappa shape index (κ2) is 7.21. The van der Waals surface area contributed by atoms with Crippen molar-refractivity contribution in [3.8, 4) is 5.75 Å². The predicted molar refractivity (Wildman–Crippen MR) is 79.2 cm³/mol. The van der Waals surface area contributed by atoms with E-state index < -0.39 is 4.92 Å². The van der Waals surface area contributed by atoms with Gasteiger partial charge in [0.15, 0.2) is 0 Å². The Bertz CT molecular complexity index is 671. The van der Waals surface area contributed by atoms with E-state index in [0.717, 1.165) is 17.7 Å². The van der Waals surface area contributed by atoms with Crippen molar-refractivity contribution in [2.45, 2.75) is 19.4 Å². The number of non-ortho nitro benzene ring substituents is 1. The van der Waals surface area contributed by atoms with Crippen LogP contribution in [-0.4, -0.2) is 10.8 Å². The van der Waals surface area contributed by atoms with Crippen molar-refractivity contribution in [2.75, 3.05) is 0 Å². The Morgan fingerprint density at radius 1 is 1.14 bits per heavy atom. The maximum absolute atomic E-state index is 11.8. The third-order valence-electron chi connectivity index (χ3n) is 3.21. The summed E-state index contributed by atoms with van der Waals surface area (Å²) in [5, 5.41) is 24.9. The average Bonchev–Trinajstić information content (AvgIpc) is 2.53. The summed E-state index contributed by atoms with van der Waals surface area (Å²) < 4.78 is 0. The molecule has 2 rings (SSSR count). The number of nitro groups is 1. The quantitative estimate of drug-likeness (QED) is 0.651. The third kappa shape index (κ3) is 4.31. The molecule has 0 atom stereocenters. The molecule has 6 nitrogen and oxygen atoms in total. The lowest BCUT2D eigenvalue weighted by Gasteiger charge is -2.13. The number of amides is 1. The fraction of sp³-hybridized carbons (Fsp3) is 0.188. The van der Waals surface area contributed by atoms with Gasteiger partial charge < -0.3 is 10.4 Å². The largest absolute Gasteiger partial charge is 0.872 e. The van der Waals surface area contributed by atoms with Gasteiger partial charge in [0.25, 0.3) is 5.69 Å². The monoisotopic (exact) mass is 299 g/mol. The third-order valence-corrected chi connectivity index (χ3v) is 3.21. The van der Waals surface area contributed by atoms with Gasteiger partial charge in [-0.2, -0.15) is 0 Å². The van der Waals surface area contributed by atoms with E-state index in [1.54, 1.807) is 0 Å². The van der Waals surface area contributed by atoms with Crippen LogP contribution in [0.1, 0.15) is 17.5 Å². The molecule has 0 bridgehead atoms. The first-order chi connectivity index (χ1) is 10.6. The molecule has 0 saturated carbocycles. The summed E-state index contributed by atoms with van der Waals surface area (Å²) in [6.07, 6.45) is 0.902. The molecule has 0 unspecified atom stereocenters. The number of hydrogen-bond acceptors (Lipinski definition) is 4. The molecular weight excluding hydrogens is 284 g/mol. The fourth-order valence-corrected chi connectivity index (χ4v) is 2.00. The topological polar surface area (TPSA) is 95.3 Å². The summed E-state index contributed by atoms with van der Waals surface area (Å²) >= 11 is 0. The average molecular weight is 299 g/mol. The van der Waals surface area contributed by atoms with Gasteiger partial charge in [-0.1, -0.05) is 36.4 Å². The molecule has 0 aliphatic heterocycles. The number of nitrogens with one attached hydrogen (secondary N) is 1. The molecular formula is C16H15N2O4-. The van der Waals surface area contributed by atoms with Gasteiger partial charge in [-0.25, -0.2) is 0 Å². The van der Waals surface area contributed by atoms with E-state index >= 15 is 0 Å². The van der Waals surface area contributed by atoms with Gasteiger partial charge in [0.1, 0.15) is 0 Å². The molecule has 2 aromatic rings. The Labute approximate surface area is 127 Å². The van der Waals surface area contributed by atoms with Gasteiger partial charge in [-0.05, 0) is 17.5 Å². The first-order valence-electron chi connectivity index (χ1n) is 6.81. The van der Waals surface area contributed by atoms with Crippen molar-refractivity contribution in [3.63, 3.8) is 0 Å². The highest BCUT2D eigenvalue weighted by atomic mass is 16.6. The van der Waals surface area contributed by atoms with E-state index in [2.05, 4.69) is 5.32 Å². The molecule has 0 aliphatic rings. The molecule has 0 aliphatic carbocycles. The van der Waals surface area contributed by atoms with Gasteiger partial charge in [0, 0.05) is 25.1 Å². The lowest BCUT2D eigenvalue weighted by atomic mass is 10.1. The van der Waals surface area contributed by atoms with Gasteiger partial charge in [0.05, 0.1) is 4.92 Å². The Balaban J connectivity index is 1.88. The summed E-state index contributed by atoms with van der Waals surface area (Å²) in [5.74, 6) is -0.524. The van der Waals surface area contributed by atoms with Crippen molar-refractivity contribution in [3.05, 3.63) is 69.8 Å². The van der Waals surface area contributed by atoms with Crippen molar-refractivity contribution < 1.29 is 14.8 Å². The lowest BCUT2D eigenvalue weighted by molar-refractivity contribution is -0.385. The number of hydrogen-bond donors (Lipinski definition) is 1. The molecule has 114 valence electrons. The number of nitro benzene ring substituents is 1. The van der Waals surface area contributed by atoms with Crippen molar-refractivity contribution in [1.82, 2.24) is 5.32 Å². The van der Waals surface area contributed by atoms with E-state index in [4.69, 9.17) is 0 Å². The van der Waals surface area contributed by atoms with Crippen LogP contribution in [0.5, 0.6) is 5.75 Å². The summed E-state index contributed by atoms with van der Waals surface area (Å²) in [7, 11) is 0. The zero-order valence-corrected chi connectivity index (χ0v) is 11.8. The summed E-state index contributed by atoms with van der Waals surface area (Å²) in [5.41, 5.74) is 1.10. The van der Waals surface area contributed by atoms with E-state index in [1.807, 2.05) is 30.3 Å². The fourth-order valence-electron chi connectivity index (χ4n) is 2.00. The van der Waals surface area contributed by atoms with E-state index in [1.165, 1.54) is 6.07 Å². The second-order valence-electron chi connectivity index (χ2n) is 4.81. The standard InChI is InChI=1S/C16H16N2O4/c19-15-8-7-14(18(21)22)10-13(15)11-17-16(20)9-6-12-4-2-1-3-5-12/h1-5,7-8,10,19H,6,9,11H2,(H,17,20)/p-1. The Hall–Kier alpha value is -2.89. The zero-order valence-electron chi connectivity index (χ0n) is 11.8. The van der Waals surface area contributed by atoms with Crippen LogP contribution in [-0.2, 0) is 17.8 Å². The summed E-state index contributed by atoms with van der Waals surface area (Å²) in [6, 6.07) is 13.1. The minimum atomic E-state index is -0.569. The van der Waals surface area contributed by atoms with Gasteiger partial charge in [-0.3, -0.25) is 14.9 Å². The zero-order chi connectivity index (χ0) is 15.9. The molecule has 0 fully saturated rings. The normalized spacial score (nSPS) is 10.2. The van der Waals surface area contributed by atoms with Crippen LogP contribution in [0.4, 0.5) is 5.69 Å². The first-order valence-corrected chi connectivity index (χ1v) is 6.81. The molecule has 0 radical (unpaired) electrons. The molecule has 0 spiro atoms. The highest BCUT2D eigenvalue weighted by Gasteiger charge is 2.08. The summed E-state index contributed by atoms with van der Waals surface area (Å²) in [6.45, 7) is -0.00582. The highest BCUT2D eigenvalue weighted by molar-refractivity contribution is 5.76. The number of carbonyl (C=O) groups is 1. The SMILES string of the molecule is O=C(CCc1ccccc1)NCc1cc([N+](=O)[O-])ccc1[O-]. The first kappa shape index (κ1) is 15.5. The van der Waals surface area contributed by atoms with E-state index in [0.29, 0.717) is 12.8 Å². The number of rotatable bonds is 6. The van der Waals surface area contributed by atoms with Crippen LogP contribution < -0.4 is 10.4 Å². The summed E-state index contributed by atoms with van der Waals surface area (Å²) in [4.78, 5) is 21.9. The lowest BCUT2D eigenvalue weighted by Crippen LogP contribution is -2.23. The van der Waals surface area contributed by atoms with Crippen LogP contribution in [0.2, 0.25) is 0 Å². The van der Waals surface area contributed by atoms with Crippen LogP contribution in [0.15, 0.2) is 48.5 Å². The maximum atomic E-state index is 11.8. The molecule has 0 saturated heterocycles. The van der Waals surface area contributed by atoms with Crippen molar-refractivity contribution in [2.24, 2.45) is 0 Å². The smallest absolute Gasteiger partial charge is 0.269 e. The molecule has 1 amide bonds. The number of aryl methyl sites for hydroxylation is 1. The molecule has 6 heteroatoms. The predicted octanol–water partition coefficient (Wildman–Crippen LogP) is 1.92. The van der Waals surface area contributed by atoms with E-state index in [-0.39, 0.29) is 29.5 Å². The van der Waals surface area contributed by atoms with Gasteiger partial charge in [-0.15, -0.1) is 5.75 Å². The number of carbonyl (C=O) groups excluding carboxylic acids is 1. The highest BCUT2D eigenvalue weighted by Crippen LogP contribution is 2.20. The van der Waals surface area contributed by atoms with Gasteiger partial charge >= 0.3 is 0 Å². The molecule has 0 heterocycles. The van der Waals surface area contributed by atoms with Gasteiger partial charge in [0.2, 0.25) is 5.91 Å². The van der Waals surface area contributed by atoms with Crippen molar-refractivity contribution >= 4 is 11.6 Å². The maximum Gasteiger partial charge on any atom is 0.269 e. The molecule has 0 aromatic heterocycles. The minimum absolute atomic E-state index is 0.00582. The van der Waals surface area contributed by atoms with Crippen LogP contribution in [0.3, 0.4) is 0 Å². The Morgan fingerprint density at radius 3 is 2.55 bits per heavy atom. The second-order valence-corrected chi connectivity index (χ2v) is 4.81. The minimum Gasteiger partial charge on any atom is -0.872 e. The number of benzene rings is 2. The van der Waals surface area contributed by atoms with Crippen LogP contribution in [0.25, 0.3) is 0 Å². The molecule has 22 heavy (non-hydrogen) atoms.